The summed E-state index contributed by atoms with van der Waals surface area (Å²) in [5.74, 6) is 2.91. The maximum atomic E-state index is 6.48. The zero-order chi connectivity index (χ0) is 28.0. The van der Waals surface area contributed by atoms with Crippen LogP contribution in [0.5, 0.6) is 11.5 Å². The Bertz CT molecular complexity index is 1900. The Kier molecular flexibility index (Phi) is 6.12. The predicted octanol–water partition coefficient (Wildman–Crippen LogP) is 9.39. The molecule has 1 aliphatic rings. The van der Waals surface area contributed by atoms with E-state index < -0.39 is 0 Å². The molecular weight excluding hydrogens is 502 g/mol. The van der Waals surface area contributed by atoms with Crippen LogP contribution < -0.4 is 9.64 Å². The van der Waals surface area contributed by atoms with Crippen molar-refractivity contribution >= 4 is 27.5 Å². The summed E-state index contributed by atoms with van der Waals surface area (Å²) in [6.07, 6.45) is 6.37. The van der Waals surface area contributed by atoms with E-state index in [1.54, 1.807) is 0 Å². The Balaban J connectivity index is 1.23. The minimum atomic E-state index is 0.0291. The normalized spacial score (nSPS) is 15.2. The Morgan fingerprint density at radius 2 is 1.51 bits per heavy atom. The monoisotopic (exact) mass is 535 g/mol. The predicted molar refractivity (Wildman–Crippen MR) is 169 cm³/mol. The second-order valence-electron chi connectivity index (χ2n) is 11.8. The third-order valence-electron chi connectivity index (χ3n) is 7.99. The Labute approximate surface area is 241 Å². The summed E-state index contributed by atoms with van der Waals surface area (Å²) in [5, 5.41) is 2.38. The number of fused-ring (bicyclic) bond motifs is 3. The van der Waals surface area contributed by atoms with E-state index in [1.807, 2.05) is 12.3 Å². The van der Waals surface area contributed by atoms with Crippen molar-refractivity contribution in [1.29, 1.82) is 0 Å². The molecule has 0 aliphatic carbocycles. The third-order valence-corrected chi connectivity index (χ3v) is 7.99. The van der Waals surface area contributed by atoms with Crippen LogP contribution in [0.15, 0.2) is 128 Å². The van der Waals surface area contributed by atoms with Crippen molar-refractivity contribution in [3.05, 3.63) is 139 Å². The highest BCUT2D eigenvalue weighted by Gasteiger charge is 2.20. The molecule has 41 heavy (non-hydrogen) atoms. The summed E-state index contributed by atoms with van der Waals surface area (Å²) in [4.78, 5) is 7.09. The molecule has 202 valence electrons. The van der Waals surface area contributed by atoms with Gasteiger partial charge in [-0.2, -0.15) is 0 Å². The fourth-order valence-electron chi connectivity index (χ4n) is 5.78. The number of pyridine rings is 1. The first-order chi connectivity index (χ1) is 19.9. The van der Waals surface area contributed by atoms with Gasteiger partial charge in [0.1, 0.15) is 17.3 Å². The van der Waals surface area contributed by atoms with Crippen LogP contribution in [0.1, 0.15) is 37.8 Å². The van der Waals surface area contributed by atoms with Crippen molar-refractivity contribution in [3.8, 4) is 17.3 Å². The lowest BCUT2D eigenvalue weighted by Gasteiger charge is -2.20. The third kappa shape index (κ3) is 4.76. The molecule has 4 aromatic carbocycles. The number of anilines is 1. The SMILES string of the molecule is CC(C)(C)c1ccnc(-n2c3ccccc3c3ccc(Oc4cccc(N5C=CC(c6ccccc6)C5)c4)cc32)c1. The van der Waals surface area contributed by atoms with E-state index in [9.17, 15) is 0 Å². The summed E-state index contributed by atoms with van der Waals surface area (Å²) in [5.41, 5.74) is 5.95. The summed E-state index contributed by atoms with van der Waals surface area (Å²) in [6, 6.07) is 38.2. The van der Waals surface area contributed by atoms with Crippen LogP contribution in [0.3, 0.4) is 0 Å². The molecular formula is C37H33N3O. The molecule has 0 saturated heterocycles. The van der Waals surface area contributed by atoms with Crippen LogP contribution in [-0.4, -0.2) is 16.1 Å². The van der Waals surface area contributed by atoms with Crippen molar-refractivity contribution in [2.24, 2.45) is 0 Å². The summed E-state index contributed by atoms with van der Waals surface area (Å²) in [6.45, 7) is 7.62. The lowest BCUT2D eigenvalue weighted by molar-refractivity contribution is 0.483. The van der Waals surface area contributed by atoms with Crippen LogP contribution in [0.4, 0.5) is 5.69 Å². The maximum Gasteiger partial charge on any atom is 0.137 e. The average molecular weight is 536 g/mol. The summed E-state index contributed by atoms with van der Waals surface area (Å²) < 4.78 is 8.73. The number of hydrogen-bond donors (Lipinski definition) is 0. The van der Waals surface area contributed by atoms with Crippen molar-refractivity contribution in [1.82, 2.24) is 9.55 Å². The van der Waals surface area contributed by atoms with Gasteiger partial charge >= 0.3 is 0 Å². The van der Waals surface area contributed by atoms with Gasteiger partial charge in [0.15, 0.2) is 0 Å². The lowest BCUT2D eigenvalue weighted by atomic mass is 9.88. The Hall–Kier alpha value is -4.83. The van der Waals surface area contributed by atoms with Gasteiger partial charge in [0, 0.05) is 53.5 Å². The van der Waals surface area contributed by atoms with E-state index in [2.05, 4.69) is 146 Å². The fourth-order valence-corrected chi connectivity index (χ4v) is 5.78. The first kappa shape index (κ1) is 25.2. The van der Waals surface area contributed by atoms with E-state index >= 15 is 0 Å². The number of para-hydroxylation sites is 1. The molecule has 1 atom stereocenters. The lowest BCUT2D eigenvalue weighted by Crippen LogP contribution is -2.16. The van der Waals surface area contributed by atoms with Gasteiger partial charge in [-0.05, 0) is 59.0 Å². The minimum absolute atomic E-state index is 0.0291. The standard InChI is InChI=1S/C37H33N3O/c1-37(2,3)28-18-20-38-36(22-28)40-34-15-8-7-14-32(34)33-17-16-31(24-35(33)40)41-30-13-9-12-29(23-30)39-21-19-27(25-39)26-10-5-4-6-11-26/h4-24,27H,25H2,1-3H3. The highest BCUT2D eigenvalue weighted by atomic mass is 16.5. The molecule has 1 aliphatic heterocycles. The molecule has 7 rings (SSSR count). The quantitative estimate of drug-likeness (QED) is 0.220. The Morgan fingerprint density at radius 3 is 2.37 bits per heavy atom. The average Bonchev–Trinajstić information content (AvgIpc) is 3.61. The van der Waals surface area contributed by atoms with Crippen LogP contribution >= 0.6 is 0 Å². The van der Waals surface area contributed by atoms with Gasteiger partial charge in [-0.15, -0.1) is 0 Å². The van der Waals surface area contributed by atoms with Gasteiger partial charge in [-0.25, -0.2) is 4.98 Å². The maximum absolute atomic E-state index is 6.48. The first-order valence-electron chi connectivity index (χ1n) is 14.2. The largest absolute Gasteiger partial charge is 0.457 e. The summed E-state index contributed by atoms with van der Waals surface area (Å²) >= 11 is 0. The molecule has 0 radical (unpaired) electrons. The minimum Gasteiger partial charge on any atom is -0.457 e. The van der Waals surface area contributed by atoms with Crippen LogP contribution in [0, 0.1) is 0 Å². The highest BCUT2D eigenvalue weighted by molar-refractivity contribution is 6.09. The molecule has 2 aromatic heterocycles. The smallest absolute Gasteiger partial charge is 0.137 e. The molecule has 6 aromatic rings. The molecule has 0 bridgehead atoms. The zero-order valence-corrected chi connectivity index (χ0v) is 23.7. The summed E-state index contributed by atoms with van der Waals surface area (Å²) in [7, 11) is 0. The molecule has 1 unspecified atom stereocenters. The number of aromatic nitrogens is 2. The van der Waals surface area contributed by atoms with Crippen molar-refractivity contribution in [2.45, 2.75) is 32.1 Å². The van der Waals surface area contributed by atoms with Gasteiger partial charge in [-0.3, -0.25) is 4.57 Å². The van der Waals surface area contributed by atoms with Crippen molar-refractivity contribution in [3.63, 3.8) is 0 Å². The molecule has 0 spiro atoms. The highest BCUT2D eigenvalue weighted by Crippen LogP contribution is 2.37. The van der Waals surface area contributed by atoms with Gasteiger partial charge in [-0.1, -0.05) is 81.4 Å². The second-order valence-corrected chi connectivity index (χ2v) is 11.8. The molecule has 4 nitrogen and oxygen atoms in total. The Morgan fingerprint density at radius 1 is 0.732 bits per heavy atom. The molecule has 0 saturated carbocycles. The fraction of sp³-hybridized carbons (Fsp3) is 0.162. The topological polar surface area (TPSA) is 30.3 Å². The van der Waals surface area contributed by atoms with E-state index in [0.29, 0.717) is 5.92 Å². The van der Waals surface area contributed by atoms with Gasteiger partial charge in [0.25, 0.3) is 0 Å². The van der Waals surface area contributed by atoms with Crippen LogP contribution in [-0.2, 0) is 5.41 Å². The van der Waals surface area contributed by atoms with E-state index in [1.165, 1.54) is 21.9 Å². The number of rotatable bonds is 5. The van der Waals surface area contributed by atoms with E-state index in [-0.39, 0.29) is 5.41 Å². The molecule has 0 fully saturated rings. The molecule has 0 amide bonds. The van der Waals surface area contributed by atoms with E-state index in [4.69, 9.17) is 9.72 Å². The molecule has 0 N–H and O–H groups in total. The molecule has 3 heterocycles. The first-order valence-corrected chi connectivity index (χ1v) is 14.2. The van der Waals surface area contributed by atoms with E-state index in [0.717, 1.165) is 40.6 Å². The van der Waals surface area contributed by atoms with Gasteiger partial charge in [0.2, 0.25) is 0 Å². The second kappa shape index (κ2) is 9.97. The number of nitrogens with zero attached hydrogens (tertiary/aromatic N) is 3. The zero-order valence-electron chi connectivity index (χ0n) is 23.7. The van der Waals surface area contributed by atoms with Crippen molar-refractivity contribution in [2.75, 3.05) is 11.4 Å². The molecule has 4 heteroatoms. The number of ether oxygens (including phenoxy) is 1. The number of benzene rings is 4. The van der Waals surface area contributed by atoms with Gasteiger partial charge < -0.3 is 9.64 Å². The number of hydrogen-bond acceptors (Lipinski definition) is 3. The van der Waals surface area contributed by atoms with Crippen LogP contribution in [0.2, 0.25) is 0 Å². The van der Waals surface area contributed by atoms with Crippen LogP contribution in [0.25, 0.3) is 27.6 Å². The van der Waals surface area contributed by atoms with Crippen molar-refractivity contribution < 1.29 is 4.74 Å². The van der Waals surface area contributed by atoms with Gasteiger partial charge in [0.05, 0.1) is 11.0 Å².